The van der Waals surface area contributed by atoms with Gasteiger partial charge < -0.3 is 40.6 Å². The molecular weight excluding hydrogens is 1010 g/mol. The summed E-state index contributed by atoms with van der Waals surface area (Å²) in [5.74, 6) is 0.221. The summed E-state index contributed by atoms with van der Waals surface area (Å²) in [4.78, 5) is 62.8. The number of piperidine rings is 1. The van der Waals surface area contributed by atoms with Gasteiger partial charge in [0.25, 0.3) is 11.5 Å². The van der Waals surface area contributed by atoms with E-state index in [0.717, 1.165) is 159 Å². The minimum Gasteiger partial charge on any atom is -0.396 e. The fraction of sp³-hybridized carbons (Fsp3) is 0.554. The van der Waals surface area contributed by atoms with Crippen molar-refractivity contribution in [2.24, 2.45) is 5.92 Å². The maximum atomic E-state index is 15.9. The fourth-order valence-electron chi connectivity index (χ4n) is 11.0. The molecular formula is C65H98FN9O5. The molecule has 440 valence electrons. The van der Waals surface area contributed by atoms with Crippen molar-refractivity contribution in [1.29, 1.82) is 0 Å². The summed E-state index contributed by atoms with van der Waals surface area (Å²) in [5.41, 5.74) is 11.2. The monoisotopic (exact) mass is 1100 g/mol. The molecule has 3 atom stereocenters. The Labute approximate surface area is 479 Å². The third kappa shape index (κ3) is 17.7. The molecule has 4 N–H and O–H groups in total. The van der Waals surface area contributed by atoms with Gasteiger partial charge in [-0.1, -0.05) is 65.3 Å². The second kappa shape index (κ2) is 34.3. The number of hydrogen-bond acceptors (Lipinski definition) is 11. The van der Waals surface area contributed by atoms with Crippen molar-refractivity contribution in [3.63, 3.8) is 0 Å². The van der Waals surface area contributed by atoms with Crippen LogP contribution in [0, 0.1) is 25.6 Å². The zero-order valence-electron chi connectivity index (χ0n) is 50.9. The molecule has 2 aromatic heterocycles. The molecule has 3 aliphatic heterocycles. The third-order valence-electron chi connectivity index (χ3n) is 15.8. The van der Waals surface area contributed by atoms with E-state index in [2.05, 4.69) is 84.4 Å². The predicted octanol–water partition coefficient (Wildman–Crippen LogP) is 11.1. The minimum atomic E-state index is -0.312. The second-order valence-electron chi connectivity index (χ2n) is 21.3. The Morgan fingerprint density at radius 2 is 1.69 bits per heavy atom. The van der Waals surface area contributed by atoms with Crippen molar-refractivity contribution in [2.45, 2.75) is 158 Å². The van der Waals surface area contributed by atoms with Crippen molar-refractivity contribution in [3.05, 3.63) is 122 Å². The summed E-state index contributed by atoms with van der Waals surface area (Å²) in [7, 11) is 3.75. The van der Waals surface area contributed by atoms with E-state index in [-0.39, 0.29) is 36.0 Å². The van der Waals surface area contributed by atoms with E-state index in [0.29, 0.717) is 55.4 Å². The molecule has 15 heteroatoms. The van der Waals surface area contributed by atoms with Gasteiger partial charge in [-0.15, -0.1) is 0 Å². The molecule has 3 unspecified atom stereocenters. The van der Waals surface area contributed by atoms with Crippen LogP contribution >= 0.6 is 0 Å². The molecule has 1 fully saturated rings. The Hall–Kier alpha value is -6.00. The highest BCUT2D eigenvalue weighted by Crippen LogP contribution is 2.33. The Bertz CT molecular complexity index is 2690. The van der Waals surface area contributed by atoms with E-state index in [1.165, 1.54) is 6.07 Å². The summed E-state index contributed by atoms with van der Waals surface area (Å²) < 4.78 is 17.6. The number of carbonyl (C=O) groups excluding carboxylic acids is 3. The first kappa shape index (κ1) is 66.5. The highest BCUT2D eigenvalue weighted by Gasteiger charge is 2.29. The Kier molecular flexibility index (Phi) is 28.5. The number of anilines is 3. The van der Waals surface area contributed by atoms with Crippen molar-refractivity contribution in [2.75, 3.05) is 88.6 Å². The van der Waals surface area contributed by atoms with Gasteiger partial charge in [0.15, 0.2) is 0 Å². The number of pyridine rings is 2. The van der Waals surface area contributed by atoms with Crippen LogP contribution in [-0.2, 0) is 22.4 Å². The van der Waals surface area contributed by atoms with Crippen molar-refractivity contribution in [1.82, 2.24) is 29.6 Å². The molecule has 2 amide bonds. The maximum absolute atomic E-state index is 15.9. The number of aldehydes is 1. The number of aliphatic hydroxyl groups excluding tert-OH is 1. The van der Waals surface area contributed by atoms with E-state index >= 15 is 4.39 Å². The van der Waals surface area contributed by atoms with E-state index in [1.807, 2.05) is 101 Å². The predicted molar refractivity (Wildman–Crippen MR) is 331 cm³/mol. The van der Waals surface area contributed by atoms with E-state index in [1.54, 1.807) is 10.8 Å². The average Bonchev–Trinajstić information content (AvgIpc) is 4.03. The van der Waals surface area contributed by atoms with Gasteiger partial charge in [0.1, 0.15) is 12.1 Å². The number of halogens is 1. The molecule has 5 heterocycles. The number of likely N-dealkylation sites (tertiary alicyclic amines) is 1. The third-order valence-corrected chi connectivity index (χ3v) is 15.8. The molecule has 0 saturated carbocycles. The van der Waals surface area contributed by atoms with Crippen LogP contribution in [-0.4, -0.2) is 139 Å². The Morgan fingerprint density at radius 1 is 0.975 bits per heavy atom. The summed E-state index contributed by atoms with van der Waals surface area (Å²) in [6.45, 7) is 29.9. The smallest absolute Gasteiger partial charge is 0.260 e. The summed E-state index contributed by atoms with van der Waals surface area (Å²) in [6.07, 6.45) is 18.2. The van der Waals surface area contributed by atoms with Crippen molar-refractivity contribution in [3.8, 4) is 5.69 Å². The quantitative estimate of drug-likeness (QED) is 0.0525. The van der Waals surface area contributed by atoms with Crippen LogP contribution in [0.2, 0.25) is 0 Å². The fourth-order valence-corrected chi connectivity index (χ4v) is 11.0. The average molecular weight is 1100 g/mol. The number of fused-ring (bicyclic) bond motifs is 1. The molecule has 0 spiro atoms. The molecule has 0 bridgehead atoms. The van der Waals surface area contributed by atoms with Crippen LogP contribution in [0.15, 0.2) is 71.3 Å². The van der Waals surface area contributed by atoms with Crippen molar-refractivity contribution >= 4 is 47.3 Å². The molecule has 7 rings (SSSR count). The number of rotatable bonds is 23. The molecule has 2 aromatic carbocycles. The van der Waals surface area contributed by atoms with Crippen molar-refractivity contribution < 1.29 is 23.9 Å². The molecule has 0 radical (unpaired) electrons. The van der Waals surface area contributed by atoms with Gasteiger partial charge in [0.05, 0.1) is 23.1 Å². The molecule has 80 heavy (non-hydrogen) atoms. The first-order valence-corrected chi connectivity index (χ1v) is 29.8. The van der Waals surface area contributed by atoms with Gasteiger partial charge >= 0.3 is 0 Å². The summed E-state index contributed by atoms with van der Waals surface area (Å²) >= 11 is 0. The van der Waals surface area contributed by atoms with Gasteiger partial charge in [-0.2, -0.15) is 0 Å². The van der Waals surface area contributed by atoms with Gasteiger partial charge in [-0.05, 0) is 178 Å². The normalized spacial score (nSPS) is 15.6. The lowest BCUT2D eigenvalue weighted by Gasteiger charge is -2.37. The first-order valence-electron chi connectivity index (χ1n) is 29.8. The molecule has 14 nitrogen and oxygen atoms in total. The van der Waals surface area contributed by atoms with Crippen LogP contribution in [0.4, 0.5) is 21.5 Å². The number of benzene rings is 2. The minimum absolute atomic E-state index is 0.0125. The molecule has 3 aliphatic rings. The number of amides is 2. The van der Waals surface area contributed by atoms with Gasteiger partial charge in [0, 0.05) is 111 Å². The number of hydrogen-bond donors (Lipinski definition) is 4. The lowest BCUT2D eigenvalue weighted by atomic mass is 9.91. The number of nitrogens with one attached hydrogen (secondary N) is 3. The number of aromatic nitrogens is 2. The number of aliphatic hydroxyl groups is 1. The largest absolute Gasteiger partial charge is 0.396 e. The molecule has 4 aromatic rings. The maximum Gasteiger partial charge on any atom is 0.260 e. The number of carbonyl (C=O) groups is 3. The summed E-state index contributed by atoms with van der Waals surface area (Å²) in [5, 5.41) is 17.8. The second-order valence-corrected chi connectivity index (χ2v) is 21.3. The van der Waals surface area contributed by atoms with Gasteiger partial charge in [-0.25, -0.2) is 4.39 Å². The van der Waals surface area contributed by atoms with Crippen LogP contribution < -0.4 is 26.4 Å². The highest BCUT2D eigenvalue weighted by molar-refractivity contribution is 5.95. The van der Waals surface area contributed by atoms with Gasteiger partial charge in [-0.3, -0.25) is 28.8 Å². The van der Waals surface area contributed by atoms with E-state index in [4.69, 9.17) is 5.11 Å². The van der Waals surface area contributed by atoms with Crippen LogP contribution in [0.5, 0.6) is 0 Å². The van der Waals surface area contributed by atoms with Gasteiger partial charge in [0.2, 0.25) is 6.41 Å². The topological polar surface area (TPSA) is 155 Å². The molecule has 0 aliphatic carbocycles. The SMILES string of the molecule is CC.CCCN(CC1CCN(C(=O)c2cc(C)c(C3=CCN(C(C)/C(C)=C/c4c(-n5ccc6c(c5=O)CCN6)ccnc4C)CC3)c(F)c2)CC1)C(C)CC.CCCN(c1ccc(CC)cc1NC=O)C(C=O)CCCO.CNC. The zero-order valence-corrected chi connectivity index (χ0v) is 50.9. The van der Waals surface area contributed by atoms with E-state index in [9.17, 15) is 19.2 Å². The lowest BCUT2D eigenvalue weighted by molar-refractivity contribution is -0.109. The number of nitrogens with zero attached hydrogens (tertiary/aromatic N) is 6. The Balaban J connectivity index is 0.000000426. The first-order chi connectivity index (χ1) is 38.6. The number of aryl methyl sites for hydroxylation is 3. The standard InChI is InChI=1S/C44H59FN6O2.C17H26N2O3.C2H7N.C2H6/c1-8-19-50(31(5)9-2)28-34-12-20-49(21-13-34)43(52)36-25-30(4)42(39(45)27-36)35-14-22-48(23-15-35)33(7)29(3)26-38-32(6)46-18-11-41(38)51-24-16-40-37(44(51)53)10-17-47-40;1-3-9-19(15(12-21)6-5-10-20)17-8-7-14(4-2)11-16(17)18-13-22;1-3-2;1-2/h11,14,16,18,24-27,31,33-34,47H,8-10,12-13,15,17,19-23,28H2,1-7H3;7-8,11-13,15,20H,3-6,9-10H2,1-2H3,(H,18,22);3H,1-2H3;1-2H3/b29-26+;;;. The van der Waals surface area contributed by atoms with Crippen LogP contribution in [0.25, 0.3) is 17.3 Å². The zero-order chi connectivity index (χ0) is 58.9. The lowest BCUT2D eigenvalue weighted by Crippen LogP contribution is -2.43. The summed E-state index contributed by atoms with van der Waals surface area (Å²) in [6, 6.07) is 13.6. The Morgan fingerprint density at radius 3 is 2.29 bits per heavy atom. The van der Waals surface area contributed by atoms with Crippen LogP contribution in [0.3, 0.4) is 0 Å². The highest BCUT2D eigenvalue weighted by atomic mass is 19.1. The molecule has 1 saturated heterocycles. The van der Waals surface area contributed by atoms with Crippen LogP contribution in [0.1, 0.15) is 158 Å². The van der Waals surface area contributed by atoms with E-state index < -0.39 is 0 Å².